The fraction of sp³-hybridized carbons (Fsp3) is 0.500. The van der Waals surface area contributed by atoms with Crippen molar-refractivity contribution in [1.29, 1.82) is 0 Å². The molecule has 5 nitrogen and oxygen atoms in total. The molecule has 1 atom stereocenters. The van der Waals surface area contributed by atoms with Gasteiger partial charge in [0, 0.05) is 30.3 Å². The lowest BCUT2D eigenvalue weighted by Crippen LogP contribution is -2.44. The molecule has 2 aliphatic heterocycles. The van der Waals surface area contributed by atoms with E-state index in [1.165, 1.54) is 11.8 Å². The minimum absolute atomic E-state index is 0.00811. The van der Waals surface area contributed by atoms with Crippen LogP contribution in [0.1, 0.15) is 62.4 Å². The molecule has 1 N–H and O–H groups in total. The van der Waals surface area contributed by atoms with Crippen LogP contribution in [0.15, 0.2) is 29.2 Å². The Morgan fingerprint density at radius 1 is 1.28 bits per heavy atom. The van der Waals surface area contributed by atoms with E-state index in [-0.39, 0.29) is 30.0 Å². The minimum Gasteiger partial charge on any atom is -0.396 e. The van der Waals surface area contributed by atoms with E-state index in [9.17, 15) is 14.7 Å². The van der Waals surface area contributed by atoms with Crippen LogP contribution < -0.4 is 0 Å². The lowest BCUT2D eigenvalue weighted by Gasteiger charge is -2.35. The second kappa shape index (κ2) is 8.98. The van der Waals surface area contributed by atoms with Gasteiger partial charge in [-0.15, -0.1) is 0 Å². The fourth-order valence-electron chi connectivity index (χ4n) is 3.80. The number of rotatable bonds is 4. The highest BCUT2D eigenvalue weighted by Gasteiger charge is 2.39. The van der Waals surface area contributed by atoms with Gasteiger partial charge in [0.2, 0.25) is 0 Å². The summed E-state index contributed by atoms with van der Waals surface area (Å²) < 4.78 is 0.570. The second-order valence-corrected chi connectivity index (χ2v) is 10.1. The number of benzene rings is 1. The van der Waals surface area contributed by atoms with E-state index < -0.39 is 0 Å². The molecule has 1 aromatic carbocycles. The van der Waals surface area contributed by atoms with Crippen molar-refractivity contribution in [2.45, 2.75) is 58.0 Å². The number of hydrogen-bond donors (Lipinski definition) is 1. The zero-order valence-corrected chi connectivity index (χ0v) is 18.8. The van der Waals surface area contributed by atoms with Crippen molar-refractivity contribution in [3.8, 4) is 0 Å². The van der Waals surface area contributed by atoms with E-state index in [1.807, 2.05) is 56.0 Å². The van der Waals surface area contributed by atoms with Gasteiger partial charge in [0.1, 0.15) is 4.32 Å². The summed E-state index contributed by atoms with van der Waals surface area (Å²) in [5.74, 6) is -0.0680. The number of amides is 2. The van der Waals surface area contributed by atoms with Crippen LogP contribution in [0.25, 0.3) is 6.08 Å². The van der Waals surface area contributed by atoms with E-state index in [0.717, 1.165) is 31.4 Å². The third-order valence-electron chi connectivity index (χ3n) is 5.27. The average Bonchev–Trinajstić information content (AvgIpc) is 2.96. The highest BCUT2D eigenvalue weighted by molar-refractivity contribution is 8.26. The molecule has 2 saturated heterocycles. The van der Waals surface area contributed by atoms with E-state index >= 15 is 0 Å². The number of thioether (sulfide) groups is 1. The smallest absolute Gasteiger partial charge is 0.266 e. The van der Waals surface area contributed by atoms with E-state index in [0.29, 0.717) is 21.2 Å². The highest BCUT2D eigenvalue weighted by Crippen LogP contribution is 2.36. The average molecular weight is 433 g/mol. The molecule has 0 aromatic heterocycles. The topological polar surface area (TPSA) is 60.9 Å². The molecular formula is C22H28N2O3S2. The van der Waals surface area contributed by atoms with Crippen LogP contribution in [0, 0.1) is 0 Å². The Hall–Kier alpha value is -1.70. The van der Waals surface area contributed by atoms with Crippen molar-refractivity contribution < 1.29 is 14.7 Å². The van der Waals surface area contributed by atoms with Crippen LogP contribution in [0.2, 0.25) is 0 Å². The van der Waals surface area contributed by atoms with Crippen LogP contribution in [0.5, 0.6) is 0 Å². The molecule has 2 amide bonds. The molecule has 1 unspecified atom stereocenters. The summed E-state index contributed by atoms with van der Waals surface area (Å²) in [6.07, 6.45) is 5.50. The molecule has 156 valence electrons. The Morgan fingerprint density at radius 3 is 2.55 bits per heavy atom. The van der Waals surface area contributed by atoms with E-state index in [4.69, 9.17) is 12.2 Å². The highest BCUT2D eigenvalue weighted by atomic mass is 32.2. The van der Waals surface area contributed by atoms with Crippen LogP contribution in [-0.4, -0.2) is 55.8 Å². The summed E-state index contributed by atoms with van der Waals surface area (Å²) in [7, 11) is 0. The molecule has 2 fully saturated rings. The summed E-state index contributed by atoms with van der Waals surface area (Å²) >= 11 is 6.69. The third-order valence-corrected chi connectivity index (χ3v) is 6.57. The van der Waals surface area contributed by atoms with Gasteiger partial charge in [-0.2, -0.15) is 0 Å². The number of piperidine rings is 1. The Balaban J connectivity index is 1.75. The van der Waals surface area contributed by atoms with Gasteiger partial charge in [-0.05, 0) is 70.2 Å². The van der Waals surface area contributed by atoms with Gasteiger partial charge < -0.3 is 10.0 Å². The molecule has 2 heterocycles. The molecule has 2 aliphatic rings. The molecule has 0 aliphatic carbocycles. The SMILES string of the molecule is CC(C)(C)N1C(=O)C(=Cc2ccc(C(=O)N3CCCCC3CCO)cc2)SC1=S. The van der Waals surface area contributed by atoms with Crippen LogP contribution in [0.3, 0.4) is 0 Å². The van der Waals surface area contributed by atoms with Crippen molar-refractivity contribution in [2.75, 3.05) is 13.2 Å². The maximum atomic E-state index is 12.9. The molecule has 0 spiro atoms. The maximum absolute atomic E-state index is 12.9. The van der Waals surface area contributed by atoms with Gasteiger partial charge in [0.15, 0.2) is 0 Å². The van der Waals surface area contributed by atoms with Crippen molar-refractivity contribution in [3.05, 3.63) is 40.3 Å². The standard InChI is InChI=1S/C22H28N2O3S2/c1-22(2,3)24-20(27)18(29-21(24)28)14-15-7-9-16(10-8-15)19(26)23-12-5-4-6-17(23)11-13-25/h7-10,14,17,25H,4-6,11-13H2,1-3H3. The van der Waals surface area contributed by atoms with Gasteiger partial charge in [0.05, 0.1) is 4.91 Å². The van der Waals surface area contributed by atoms with Gasteiger partial charge in [-0.1, -0.05) is 36.1 Å². The first-order valence-electron chi connectivity index (χ1n) is 10.0. The largest absolute Gasteiger partial charge is 0.396 e. The van der Waals surface area contributed by atoms with Gasteiger partial charge >= 0.3 is 0 Å². The second-order valence-electron chi connectivity index (χ2n) is 8.47. The molecule has 1 aromatic rings. The number of aliphatic hydroxyl groups is 1. The van der Waals surface area contributed by atoms with E-state index in [1.54, 1.807) is 4.90 Å². The fourth-order valence-corrected chi connectivity index (χ4v) is 5.44. The van der Waals surface area contributed by atoms with Crippen molar-refractivity contribution in [3.63, 3.8) is 0 Å². The Labute approximate surface area is 182 Å². The molecule has 0 bridgehead atoms. The summed E-state index contributed by atoms with van der Waals surface area (Å²) in [5.41, 5.74) is 1.14. The van der Waals surface area contributed by atoms with Crippen LogP contribution >= 0.6 is 24.0 Å². The number of carbonyl (C=O) groups is 2. The summed E-state index contributed by atoms with van der Waals surface area (Å²) in [6.45, 7) is 6.73. The zero-order valence-electron chi connectivity index (χ0n) is 17.2. The first-order valence-corrected chi connectivity index (χ1v) is 11.2. The number of thiocarbonyl (C=S) groups is 1. The lowest BCUT2D eigenvalue weighted by atomic mass is 9.98. The number of aliphatic hydroxyl groups excluding tert-OH is 1. The summed E-state index contributed by atoms with van der Waals surface area (Å²) in [5, 5.41) is 9.28. The first kappa shape index (κ1) is 22.0. The molecule has 0 radical (unpaired) electrons. The van der Waals surface area contributed by atoms with Crippen molar-refractivity contribution in [1.82, 2.24) is 9.80 Å². The van der Waals surface area contributed by atoms with Crippen LogP contribution in [-0.2, 0) is 4.79 Å². The van der Waals surface area contributed by atoms with Crippen molar-refractivity contribution in [2.24, 2.45) is 0 Å². The minimum atomic E-state index is -0.355. The van der Waals surface area contributed by atoms with Crippen LogP contribution in [0.4, 0.5) is 0 Å². The van der Waals surface area contributed by atoms with Gasteiger partial charge in [-0.25, -0.2) is 0 Å². The molecule has 7 heteroatoms. The van der Waals surface area contributed by atoms with Crippen molar-refractivity contribution >= 4 is 46.2 Å². The first-order chi connectivity index (χ1) is 13.7. The third kappa shape index (κ3) is 4.90. The summed E-state index contributed by atoms with van der Waals surface area (Å²) in [4.78, 5) is 29.8. The predicted octanol–water partition coefficient (Wildman–Crippen LogP) is 4.06. The van der Waals surface area contributed by atoms with Gasteiger partial charge in [-0.3, -0.25) is 14.5 Å². The quantitative estimate of drug-likeness (QED) is 0.574. The lowest BCUT2D eigenvalue weighted by molar-refractivity contribution is -0.125. The normalized spacial score (nSPS) is 21.9. The Bertz CT molecular complexity index is 825. The predicted molar refractivity (Wildman–Crippen MR) is 122 cm³/mol. The molecular weight excluding hydrogens is 404 g/mol. The summed E-state index contributed by atoms with van der Waals surface area (Å²) in [6, 6.07) is 7.45. The van der Waals surface area contributed by atoms with Gasteiger partial charge in [0.25, 0.3) is 11.8 Å². The molecule has 0 saturated carbocycles. The number of likely N-dealkylation sites (tertiary alicyclic amines) is 1. The number of carbonyl (C=O) groups excluding carboxylic acids is 2. The number of hydrogen-bond acceptors (Lipinski definition) is 5. The molecule has 3 rings (SSSR count). The Kier molecular flexibility index (Phi) is 6.81. The Morgan fingerprint density at radius 2 is 1.97 bits per heavy atom. The maximum Gasteiger partial charge on any atom is 0.266 e. The number of nitrogens with zero attached hydrogens (tertiary/aromatic N) is 2. The zero-order chi connectivity index (χ0) is 21.2. The monoisotopic (exact) mass is 432 g/mol. The van der Waals surface area contributed by atoms with E-state index in [2.05, 4.69) is 0 Å². The molecule has 29 heavy (non-hydrogen) atoms.